The molecule has 2 atom stereocenters. The normalized spacial score (nSPS) is 26.6. The minimum absolute atomic E-state index is 0.210. The largest absolute Gasteiger partial charge is 0.468 e. The molecule has 0 aliphatic carbocycles. The van der Waals surface area contributed by atoms with E-state index in [1.54, 1.807) is 0 Å². The Hall–Kier alpha value is -0.420. The Kier molecular flexibility index (Phi) is 4.54. The van der Waals surface area contributed by atoms with Gasteiger partial charge in [0.05, 0.1) is 7.11 Å². The lowest BCUT2D eigenvalue weighted by atomic mass is 10.2. The van der Waals surface area contributed by atoms with E-state index in [1.165, 1.54) is 7.11 Å². The van der Waals surface area contributed by atoms with Crippen molar-refractivity contribution in [1.82, 2.24) is 4.90 Å². The summed E-state index contributed by atoms with van der Waals surface area (Å²) in [5.41, 5.74) is 0. The lowest BCUT2D eigenvalue weighted by molar-refractivity contribution is -0.146. The van der Waals surface area contributed by atoms with E-state index >= 15 is 0 Å². The van der Waals surface area contributed by atoms with Gasteiger partial charge in [-0.2, -0.15) is 0 Å². The van der Waals surface area contributed by atoms with Gasteiger partial charge in [-0.15, -0.1) is 0 Å². The van der Waals surface area contributed by atoms with Crippen molar-refractivity contribution in [2.45, 2.75) is 19.4 Å². The molecule has 0 spiro atoms. The van der Waals surface area contributed by atoms with Crippen LogP contribution in [0.15, 0.2) is 0 Å². The summed E-state index contributed by atoms with van der Waals surface area (Å²) in [6.07, 6.45) is 0.897. The topological polar surface area (TPSA) is 46.6 Å². The second kappa shape index (κ2) is 5.46. The predicted octanol–water partition coefficient (Wildman–Crippen LogP) is 0.00230. The van der Waals surface area contributed by atoms with Crippen molar-refractivity contribution in [2.24, 2.45) is 0 Å². The van der Waals surface area contributed by atoms with Gasteiger partial charge in [-0.3, -0.25) is 13.9 Å². The number of methoxy groups -OCH3 is 1. The van der Waals surface area contributed by atoms with Crippen LogP contribution in [-0.2, 0) is 20.3 Å². The molecule has 0 radical (unpaired) electrons. The van der Waals surface area contributed by atoms with E-state index in [2.05, 4.69) is 4.74 Å². The lowest BCUT2D eigenvalue weighted by Gasteiger charge is -2.24. The minimum Gasteiger partial charge on any atom is -0.468 e. The Balaban J connectivity index is 2.50. The second-order valence-corrected chi connectivity index (χ2v) is 5.13. The molecule has 0 amide bonds. The molecule has 0 aromatic carbocycles. The average Bonchev–Trinajstić information content (AvgIpc) is 2.40. The maximum atomic E-state index is 11.3. The van der Waals surface area contributed by atoms with Crippen LogP contribution in [-0.4, -0.2) is 52.8 Å². The Morgan fingerprint density at radius 1 is 1.43 bits per heavy atom. The van der Waals surface area contributed by atoms with Crippen molar-refractivity contribution in [2.75, 3.05) is 31.7 Å². The molecule has 0 bridgehead atoms. The number of carbonyl (C=O) groups is 1. The van der Waals surface area contributed by atoms with E-state index in [1.807, 2.05) is 11.8 Å². The van der Waals surface area contributed by atoms with Crippen LogP contribution in [0.25, 0.3) is 0 Å². The fraction of sp³-hybridized carbons (Fsp3) is 0.889. The van der Waals surface area contributed by atoms with E-state index in [-0.39, 0.29) is 12.0 Å². The van der Waals surface area contributed by atoms with Crippen LogP contribution in [0.3, 0.4) is 0 Å². The van der Waals surface area contributed by atoms with Crippen molar-refractivity contribution in [3.05, 3.63) is 0 Å². The summed E-state index contributed by atoms with van der Waals surface area (Å²) < 4.78 is 15.9. The average molecular weight is 219 g/mol. The number of rotatable bonds is 2. The molecule has 0 aromatic rings. The molecular formula is C9H17NO3S. The first-order valence-corrected chi connectivity index (χ1v) is 6.31. The van der Waals surface area contributed by atoms with Gasteiger partial charge in [-0.1, -0.05) is 0 Å². The molecule has 1 aliphatic rings. The van der Waals surface area contributed by atoms with Crippen LogP contribution in [0, 0.1) is 0 Å². The third-order valence-electron chi connectivity index (χ3n) is 2.51. The molecule has 1 aliphatic heterocycles. The molecule has 1 saturated heterocycles. The van der Waals surface area contributed by atoms with Gasteiger partial charge < -0.3 is 4.74 Å². The minimum atomic E-state index is -0.704. The number of ether oxygens (including phenoxy) is 1. The summed E-state index contributed by atoms with van der Waals surface area (Å²) in [4.78, 5) is 13.3. The fourth-order valence-corrected chi connectivity index (χ4v) is 2.66. The van der Waals surface area contributed by atoms with Crippen molar-refractivity contribution >= 4 is 16.8 Å². The van der Waals surface area contributed by atoms with Crippen molar-refractivity contribution in [3.8, 4) is 0 Å². The zero-order valence-corrected chi connectivity index (χ0v) is 9.51. The summed E-state index contributed by atoms with van der Waals surface area (Å²) in [5.74, 6) is 1.21. The number of hydrogen-bond donors (Lipinski definition) is 0. The molecule has 82 valence electrons. The van der Waals surface area contributed by atoms with Gasteiger partial charge in [0.25, 0.3) is 0 Å². The lowest BCUT2D eigenvalue weighted by Crippen LogP contribution is -2.41. The summed E-state index contributed by atoms with van der Waals surface area (Å²) in [6, 6.07) is -0.213. The van der Waals surface area contributed by atoms with Gasteiger partial charge >= 0.3 is 5.97 Å². The molecule has 4 nitrogen and oxygen atoms in total. The number of hydrogen-bond acceptors (Lipinski definition) is 4. The predicted molar refractivity (Wildman–Crippen MR) is 55.5 cm³/mol. The first-order valence-electron chi connectivity index (χ1n) is 4.82. The first kappa shape index (κ1) is 11.7. The van der Waals surface area contributed by atoms with Crippen LogP contribution in [0.5, 0.6) is 0 Å². The highest BCUT2D eigenvalue weighted by molar-refractivity contribution is 7.85. The van der Waals surface area contributed by atoms with Gasteiger partial charge in [0.15, 0.2) is 0 Å². The van der Waals surface area contributed by atoms with Crippen LogP contribution in [0.2, 0.25) is 0 Å². The van der Waals surface area contributed by atoms with Crippen molar-refractivity contribution in [1.29, 1.82) is 0 Å². The van der Waals surface area contributed by atoms with E-state index in [4.69, 9.17) is 0 Å². The zero-order chi connectivity index (χ0) is 10.6. The molecule has 14 heavy (non-hydrogen) atoms. The van der Waals surface area contributed by atoms with Crippen LogP contribution < -0.4 is 0 Å². The summed E-state index contributed by atoms with van der Waals surface area (Å²) in [5, 5.41) is 0. The van der Waals surface area contributed by atoms with E-state index in [9.17, 15) is 9.00 Å². The monoisotopic (exact) mass is 219 g/mol. The second-order valence-electron chi connectivity index (χ2n) is 3.44. The smallest absolute Gasteiger partial charge is 0.322 e. The highest BCUT2D eigenvalue weighted by Gasteiger charge is 2.23. The Morgan fingerprint density at radius 3 is 2.79 bits per heavy atom. The molecule has 2 unspecified atom stereocenters. The molecule has 1 rings (SSSR count). The maximum absolute atomic E-state index is 11.3. The number of esters is 1. The van der Waals surface area contributed by atoms with Gasteiger partial charge in [0, 0.05) is 28.9 Å². The SMILES string of the molecule is COC(=O)C(C)N1CCCS(=O)CC1. The molecule has 0 aromatic heterocycles. The zero-order valence-electron chi connectivity index (χ0n) is 8.69. The standard InChI is InChI=1S/C9H17NO3S/c1-8(9(11)13-2)10-4-3-6-14(12)7-5-10/h8H,3-7H2,1-2H3. The molecule has 5 heteroatoms. The number of carbonyl (C=O) groups excluding carboxylic acids is 1. The highest BCUT2D eigenvalue weighted by atomic mass is 32.2. The molecule has 0 saturated carbocycles. The molecular weight excluding hydrogens is 202 g/mol. The van der Waals surface area contributed by atoms with Gasteiger partial charge in [0.2, 0.25) is 0 Å². The van der Waals surface area contributed by atoms with Gasteiger partial charge in [-0.25, -0.2) is 0 Å². The van der Waals surface area contributed by atoms with Crippen LogP contribution in [0.1, 0.15) is 13.3 Å². The number of nitrogens with zero attached hydrogens (tertiary/aromatic N) is 1. The Morgan fingerprint density at radius 2 is 2.14 bits per heavy atom. The molecule has 0 N–H and O–H groups in total. The quantitative estimate of drug-likeness (QED) is 0.613. The van der Waals surface area contributed by atoms with Gasteiger partial charge in [0.1, 0.15) is 6.04 Å². The van der Waals surface area contributed by atoms with Crippen LogP contribution >= 0.6 is 0 Å². The molecule has 1 fully saturated rings. The van der Waals surface area contributed by atoms with Crippen LogP contribution in [0.4, 0.5) is 0 Å². The molecule has 1 heterocycles. The van der Waals surface area contributed by atoms with Crippen molar-refractivity contribution in [3.63, 3.8) is 0 Å². The maximum Gasteiger partial charge on any atom is 0.322 e. The third kappa shape index (κ3) is 3.06. The van der Waals surface area contributed by atoms with E-state index < -0.39 is 10.8 Å². The van der Waals surface area contributed by atoms with E-state index in [0.717, 1.165) is 25.3 Å². The Labute approximate surface area is 87.1 Å². The summed E-state index contributed by atoms with van der Waals surface area (Å²) >= 11 is 0. The first-order chi connectivity index (χ1) is 6.65. The fourth-order valence-electron chi connectivity index (χ4n) is 1.57. The Bertz CT molecular complexity index is 232. The van der Waals surface area contributed by atoms with Crippen molar-refractivity contribution < 1.29 is 13.7 Å². The third-order valence-corrected chi connectivity index (χ3v) is 3.90. The summed E-state index contributed by atoms with van der Waals surface area (Å²) in [7, 11) is 0.694. The van der Waals surface area contributed by atoms with Gasteiger partial charge in [-0.05, 0) is 19.9 Å². The highest BCUT2D eigenvalue weighted by Crippen LogP contribution is 2.07. The summed E-state index contributed by atoms with van der Waals surface area (Å²) in [6.45, 7) is 3.39. The van der Waals surface area contributed by atoms with E-state index in [0.29, 0.717) is 5.75 Å².